The van der Waals surface area contributed by atoms with Gasteiger partial charge >= 0.3 is 0 Å². The maximum Gasteiger partial charge on any atom is 0.229 e. The van der Waals surface area contributed by atoms with E-state index in [1.807, 2.05) is 12.1 Å². The molecule has 1 aliphatic rings. The van der Waals surface area contributed by atoms with Crippen LogP contribution in [0.4, 0.5) is 23.1 Å². The smallest absolute Gasteiger partial charge is 0.229 e. The fourth-order valence-electron chi connectivity index (χ4n) is 3.50. The third-order valence-corrected chi connectivity index (χ3v) is 4.67. The van der Waals surface area contributed by atoms with Crippen molar-refractivity contribution >= 4 is 40.1 Å². The van der Waals surface area contributed by atoms with Crippen molar-refractivity contribution in [2.24, 2.45) is 0 Å². The van der Waals surface area contributed by atoms with E-state index in [4.69, 9.17) is 11.0 Å². The van der Waals surface area contributed by atoms with Gasteiger partial charge in [0.2, 0.25) is 11.9 Å². The number of hydrogen-bond donors (Lipinski definition) is 3. The van der Waals surface area contributed by atoms with Gasteiger partial charge < -0.3 is 21.3 Å². The Balaban J connectivity index is 1.69. The molecular weight excluding hydrogens is 368 g/mol. The lowest BCUT2D eigenvalue weighted by Gasteiger charge is -2.20. The third kappa shape index (κ3) is 4.01. The van der Waals surface area contributed by atoms with Crippen LogP contribution in [-0.2, 0) is 4.79 Å². The molecule has 9 nitrogen and oxygen atoms in total. The lowest BCUT2D eigenvalue weighted by molar-refractivity contribution is -0.119. The predicted molar refractivity (Wildman–Crippen MR) is 111 cm³/mol. The Morgan fingerprint density at radius 2 is 2.21 bits per heavy atom. The number of aromatic nitrogens is 3. The molecule has 0 saturated carbocycles. The van der Waals surface area contributed by atoms with Crippen molar-refractivity contribution in [3.05, 3.63) is 42.1 Å². The summed E-state index contributed by atoms with van der Waals surface area (Å²) < 4.78 is 0. The molecule has 4 rings (SSSR count). The highest BCUT2D eigenvalue weighted by atomic mass is 16.1. The average Bonchev–Trinajstić information content (AvgIpc) is 3.14. The summed E-state index contributed by atoms with van der Waals surface area (Å²) >= 11 is 0. The van der Waals surface area contributed by atoms with Gasteiger partial charge in [0.05, 0.1) is 17.1 Å². The summed E-state index contributed by atoms with van der Waals surface area (Å²) in [5, 5.41) is 15.3. The third-order valence-electron chi connectivity index (χ3n) is 4.67. The number of rotatable bonds is 4. The number of fused-ring (bicyclic) bond motifs is 1. The molecule has 0 aliphatic carbocycles. The largest absolute Gasteiger partial charge is 0.399 e. The second-order valence-corrected chi connectivity index (χ2v) is 6.95. The maximum absolute atomic E-state index is 11.4. The first-order valence-electron chi connectivity index (χ1n) is 9.24. The number of nitrogens with one attached hydrogen (secondary N) is 2. The first kappa shape index (κ1) is 18.4. The lowest BCUT2D eigenvalue weighted by atomic mass is 10.2. The van der Waals surface area contributed by atoms with E-state index in [-0.39, 0.29) is 11.9 Å². The summed E-state index contributed by atoms with van der Waals surface area (Å²) in [6.45, 7) is 2.93. The molecule has 0 bridgehead atoms. The summed E-state index contributed by atoms with van der Waals surface area (Å²) in [5.41, 5.74) is 8.84. The van der Waals surface area contributed by atoms with Gasteiger partial charge in [-0.25, -0.2) is 4.98 Å². The number of amides is 1. The van der Waals surface area contributed by atoms with Crippen LogP contribution in [0.15, 0.2) is 36.5 Å². The Morgan fingerprint density at radius 1 is 1.34 bits per heavy atom. The summed E-state index contributed by atoms with van der Waals surface area (Å²) in [5.74, 6) is 1.05. The van der Waals surface area contributed by atoms with Gasteiger partial charge in [-0.1, -0.05) is 0 Å². The molecular formula is C20H20N8O. The monoisotopic (exact) mass is 388 g/mol. The van der Waals surface area contributed by atoms with Crippen molar-refractivity contribution in [3.8, 4) is 6.07 Å². The van der Waals surface area contributed by atoms with Gasteiger partial charge in [-0.3, -0.25) is 9.78 Å². The van der Waals surface area contributed by atoms with E-state index in [0.717, 1.165) is 13.0 Å². The zero-order chi connectivity index (χ0) is 20.4. The van der Waals surface area contributed by atoms with E-state index in [9.17, 15) is 4.79 Å². The number of nitrogen functional groups attached to an aromatic ring is 1. The molecule has 1 fully saturated rings. The van der Waals surface area contributed by atoms with Crippen molar-refractivity contribution in [1.82, 2.24) is 20.3 Å². The fourth-order valence-corrected chi connectivity index (χ4v) is 3.50. The molecule has 0 spiro atoms. The molecule has 4 N–H and O–H groups in total. The van der Waals surface area contributed by atoms with Crippen LogP contribution in [0.1, 0.15) is 18.9 Å². The van der Waals surface area contributed by atoms with Crippen LogP contribution < -0.4 is 21.3 Å². The average molecular weight is 388 g/mol. The van der Waals surface area contributed by atoms with Crippen molar-refractivity contribution in [2.75, 3.05) is 29.0 Å². The number of carbonyl (C=O) groups is 1. The minimum Gasteiger partial charge on any atom is -0.399 e. The number of carbonyl (C=O) groups excluding carboxylic acids is 1. The highest BCUT2D eigenvalue weighted by Crippen LogP contribution is 2.28. The Kier molecular flexibility index (Phi) is 4.83. The van der Waals surface area contributed by atoms with Crippen LogP contribution in [0.5, 0.6) is 0 Å². The zero-order valence-corrected chi connectivity index (χ0v) is 15.9. The standard InChI is InChI=1S/C20H20N8O/c1-12(29)24-15-4-6-28(11-15)19-18-17(3-2-5-23-18)26-20(27-19)25-16-8-13(10-21)7-14(22)9-16/h2-3,5,7-9,15H,4,6,11,22H2,1H3,(H,24,29)(H,25,26,27). The quantitative estimate of drug-likeness (QED) is 0.578. The highest BCUT2D eigenvalue weighted by Gasteiger charge is 2.26. The van der Waals surface area contributed by atoms with E-state index in [1.165, 1.54) is 6.92 Å². The van der Waals surface area contributed by atoms with Gasteiger partial charge in [0.25, 0.3) is 0 Å². The molecule has 1 aliphatic heterocycles. The van der Waals surface area contributed by atoms with Gasteiger partial charge in [0.15, 0.2) is 5.82 Å². The van der Waals surface area contributed by atoms with Crippen molar-refractivity contribution in [3.63, 3.8) is 0 Å². The molecule has 1 unspecified atom stereocenters. The zero-order valence-electron chi connectivity index (χ0n) is 15.9. The van der Waals surface area contributed by atoms with Gasteiger partial charge in [-0.05, 0) is 36.8 Å². The molecule has 1 aromatic carbocycles. The minimum absolute atomic E-state index is 0.0418. The van der Waals surface area contributed by atoms with Crippen LogP contribution >= 0.6 is 0 Å². The number of nitrogens with two attached hydrogens (primary N) is 1. The SMILES string of the molecule is CC(=O)NC1CCN(c2nc(Nc3cc(N)cc(C#N)c3)nc3cccnc23)C1. The van der Waals surface area contributed by atoms with Gasteiger partial charge in [-0.2, -0.15) is 10.2 Å². The highest BCUT2D eigenvalue weighted by molar-refractivity contribution is 5.87. The first-order valence-corrected chi connectivity index (χ1v) is 9.24. The molecule has 29 heavy (non-hydrogen) atoms. The summed E-state index contributed by atoms with van der Waals surface area (Å²) in [7, 11) is 0. The van der Waals surface area contributed by atoms with Gasteiger partial charge in [-0.15, -0.1) is 0 Å². The lowest BCUT2D eigenvalue weighted by Crippen LogP contribution is -2.35. The molecule has 9 heteroatoms. The Hall–Kier alpha value is -3.93. The molecule has 1 atom stereocenters. The molecule has 2 aromatic heterocycles. The maximum atomic E-state index is 11.4. The number of hydrogen-bond acceptors (Lipinski definition) is 8. The fraction of sp³-hybridized carbons (Fsp3) is 0.250. The van der Waals surface area contributed by atoms with Gasteiger partial charge in [0.1, 0.15) is 5.52 Å². The second kappa shape index (κ2) is 7.59. The Labute approximate surface area is 167 Å². The number of anilines is 4. The Bertz CT molecular complexity index is 1120. The van der Waals surface area contributed by atoms with E-state index in [2.05, 4.69) is 36.6 Å². The van der Waals surface area contributed by atoms with Crippen LogP contribution in [0, 0.1) is 11.3 Å². The van der Waals surface area contributed by atoms with Crippen molar-refractivity contribution in [2.45, 2.75) is 19.4 Å². The molecule has 3 aromatic rings. The molecule has 1 amide bonds. The summed E-state index contributed by atoms with van der Waals surface area (Å²) in [6, 6.07) is 10.9. The topological polar surface area (TPSA) is 133 Å². The van der Waals surface area contributed by atoms with Crippen LogP contribution in [-0.4, -0.2) is 40.0 Å². The van der Waals surface area contributed by atoms with E-state index in [0.29, 0.717) is 46.3 Å². The van der Waals surface area contributed by atoms with E-state index < -0.39 is 0 Å². The van der Waals surface area contributed by atoms with Gasteiger partial charge in [0, 0.05) is 43.6 Å². The summed E-state index contributed by atoms with van der Waals surface area (Å²) in [6.07, 6.45) is 2.54. The Morgan fingerprint density at radius 3 is 3.00 bits per heavy atom. The number of nitrogens with zero attached hydrogens (tertiary/aromatic N) is 5. The van der Waals surface area contributed by atoms with E-state index >= 15 is 0 Å². The van der Waals surface area contributed by atoms with E-state index in [1.54, 1.807) is 24.4 Å². The minimum atomic E-state index is -0.0418. The molecule has 0 radical (unpaired) electrons. The normalized spacial score (nSPS) is 15.9. The van der Waals surface area contributed by atoms with Crippen LogP contribution in [0.25, 0.3) is 11.0 Å². The molecule has 3 heterocycles. The van der Waals surface area contributed by atoms with Crippen LogP contribution in [0.3, 0.4) is 0 Å². The summed E-state index contributed by atoms with van der Waals surface area (Å²) in [4.78, 5) is 27.2. The first-order chi connectivity index (χ1) is 14.0. The number of benzene rings is 1. The predicted octanol–water partition coefficient (Wildman–Crippen LogP) is 1.94. The molecule has 146 valence electrons. The molecule has 1 saturated heterocycles. The van der Waals surface area contributed by atoms with Crippen molar-refractivity contribution in [1.29, 1.82) is 5.26 Å². The van der Waals surface area contributed by atoms with Crippen LogP contribution in [0.2, 0.25) is 0 Å². The second-order valence-electron chi connectivity index (χ2n) is 6.95. The number of pyridine rings is 1. The number of nitriles is 1. The van der Waals surface area contributed by atoms with Crippen molar-refractivity contribution < 1.29 is 4.79 Å².